The highest BCUT2D eigenvalue weighted by Crippen LogP contribution is 2.10. The number of hydrogen-bond acceptors (Lipinski definition) is 5. The van der Waals surface area contributed by atoms with Crippen molar-refractivity contribution >= 4 is 24.2 Å². The van der Waals surface area contributed by atoms with Crippen LogP contribution in [0.25, 0.3) is 0 Å². The Labute approximate surface area is 141 Å². The van der Waals surface area contributed by atoms with E-state index in [4.69, 9.17) is 9.47 Å². The molecule has 1 fully saturated rings. The summed E-state index contributed by atoms with van der Waals surface area (Å²) in [4.78, 5) is 23.5. The summed E-state index contributed by atoms with van der Waals surface area (Å²) in [5.41, 5.74) is 0.959. The fraction of sp³-hybridized carbons (Fsp3) is 0.467. The van der Waals surface area contributed by atoms with E-state index in [-0.39, 0.29) is 30.8 Å². The summed E-state index contributed by atoms with van der Waals surface area (Å²) in [6.07, 6.45) is -0.525. The van der Waals surface area contributed by atoms with E-state index < -0.39 is 6.10 Å². The third kappa shape index (κ3) is 6.43. The van der Waals surface area contributed by atoms with Crippen LogP contribution in [0.2, 0.25) is 0 Å². The predicted molar refractivity (Wildman–Crippen MR) is 87.7 cm³/mol. The van der Waals surface area contributed by atoms with E-state index in [0.717, 1.165) is 17.9 Å². The fourth-order valence-corrected chi connectivity index (χ4v) is 2.02. The van der Waals surface area contributed by atoms with Crippen molar-refractivity contribution in [1.29, 1.82) is 0 Å². The summed E-state index contributed by atoms with van der Waals surface area (Å²) in [5, 5.41) is 8.38. The van der Waals surface area contributed by atoms with Crippen LogP contribution in [0, 0.1) is 0 Å². The number of halogens is 1. The number of benzene rings is 1. The molecule has 1 unspecified atom stereocenters. The molecular formula is C15H22ClN3O4. The minimum absolute atomic E-state index is 0. The highest BCUT2D eigenvalue weighted by Gasteiger charge is 2.21. The van der Waals surface area contributed by atoms with Crippen LogP contribution in [0.15, 0.2) is 24.3 Å². The Morgan fingerprint density at radius 3 is 2.65 bits per heavy atom. The number of rotatable bonds is 6. The van der Waals surface area contributed by atoms with E-state index in [1.54, 1.807) is 7.11 Å². The van der Waals surface area contributed by atoms with Crippen LogP contribution in [-0.2, 0) is 20.9 Å². The summed E-state index contributed by atoms with van der Waals surface area (Å²) in [6, 6.07) is 7.41. The molecule has 128 valence electrons. The maximum atomic E-state index is 11.8. The standard InChI is InChI=1S/C15H21N3O4.ClH/c1-21-12-4-2-11(3-5-12)8-17-14(19)10-18-15(20)13-9-16-6-7-22-13;/h2-5,13,16H,6-10H2,1H3,(H,17,19)(H,18,20);1H. The molecule has 0 radical (unpaired) electrons. The first kappa shape index (κ1) is 19.2. The van der Waals surface area contributed by atoms with Gasteiger partial charge in [-0.25, -0.2) is 0 Å². The van der Waals surface area contributed by atoms with Crippen molar-refractivity contribution in [3.05, 3.63) is 29.8 Å². The molecule has 2 amide bonds. The maximum absolute atomic E-state index is 11.8. The fourth-order valence-electron chi connectivity index (χ4n) is 2.02. The largest absolute Gasteiger partial charge is 0.497 e. The highest BCUT2D eigenvalue weighted by atomic mass is 35.5. The van der Waals surface area contributed by atoms with Gasteiger partial charge in [-0.3, -0.25) is 9.59 Å². The van der Waals surface area contributed by atoms with Crippen molar-refractivity contribution in [3.8, 4) is 5.75 Å². The second-order valence-corrected chi connectivity index (χ2v) is 4.91. The molecule has 7 nitrogen and oxygen atoms in total. The van der Waals surface area contributed by atoms with Crippen LogP contribution in [0.4, 0.5) is 0 Å². The quantitative estimate of drug-likeness (QED) is 0.668. The molecular weight excluding hydrogens is 322 g/mol. The van der Waals surface area contributed by atoms with Gasteiger partial charge in [-0.05, 0) is 17.7 Å². The predicted octanol–water partition coefficient (Wildman–Crippen LogP) is -0.162. The Morgan fingerprint density at radius 2 is 2.04 bits per heavy atom. The topological polar surface area (TPSA) is 88.7 Å². The molecule has 0 bridgehead atoms. The number of nitrogens with one attached hydrogen (secondary N) is 3. The van der Waals surface area contributed by atoms with Crippen molar-refractivity contribution in [1.82, 2.24) is 16.0 Å². The second-order valence-electron chi connectivity index (χ2n) is 4.91. The normalized spacial score (nSPS) is 16.8. The molecule has 1 aromatic carbocycles. The van der Waals surface area contributed by atoms with Gasteiger partial charge in [0.05, 0.1) is 20.3 Å². The van der Waals surface area contributed by atoms with Crippen LogP contribution in [0.5, 0.6) is 5.75 Å². The average molecular weight is 344 g/mol. The van der Waals surface area contributed by atoms with Gasteiger partial charge in [0.1, 0.15) is 11.9 Å². The summed E-state index contributed by atoms with van der Waals surface area (Å²) in [5.74, 6) is 0.253. The lowest BCUT2D eigenvalue weighted by Crippen LogP contribution is -2.49. The van der Waals surface area contributed by atoms with Gasteiger partial charge in [0.15, 0.2) is 0 Å². The van der Waals surface area contributed by atoms with E-state index in [1.165, 1.54) is 0 Å². The summed E-state index contributed by atoms with van der Waals surface area (Å²) < 4.78 is 10.4. The molecule has 1 heterocycles. The number of morpholine rings is 1. The Kier molecular flexibility index (Phi) is 8.39. The summed E-state index contributed by atoms with van der Waals surface area (Å²) in [7, 11) is 1.60. The molecule has 2 rings (SSSR count). The van der Waals surface area contributed by atoms with E-state index in [2.05, 4.69) is 16.0 Å². The number of carbonyl (C=O) groups is 2. The highest BCUT2D eigenvalue weighted by molar-refractivity contribution is 5.87. The summed E-state index contributed by atoms with van der Waals surface area (Å²) in [6.45, 7) is 2.06. The molecule has 23 heavy (non-hydrogen) atoms. The Morgan fingerprint density at radius 1 is 1.30 bits per heavy atom. The number of hydrogen-bond donors (Lipinski definition) is 3. The monoisotopic (exact) mass is 343 g/mol. The third-order valence-electron chi connectivity index (χ3n) is 3.29. The van der Waals surface area contributed by atoms with Gasteiger partial charge < -0.3 is 25.4 Å². The lowest BCUT2D eigenvalue weighted by Gasteiger charge is -2.22. The van der Waals surface area contributed by atoms with E-state index in [9.17, 15) is 9.59 Å². The van der Waals surface area contributed by atoms with Crippen molar-refractivity contribution in [2.45, 2.75) is 12.6 Å². The lowest BCUT2D eigenvalue weighted by molar-refractivity contribution is -0.136. The van der Waals surface area contributed by atoms with Crippen LogP contribution in [-0.4, -0.2) is 51.3 Å². The van der Waals surface area contributed by atoms with Gasteiger partial charge in [-0.15, -0.1) is 12.4 Å². The smallest absolute Gasteiger partial charge is 0.250 e. The minimum atomic E-state index is -0.525. The number of methoxy groups -OCH3 is 1. The molecule has 1 aromatic rings. The third-order valence-corrected chi connectivity index (χ3v) is 3.29. The Balaban J connectivity index is 0.00000264. The first-order valence-corrected chi connectivity index (χ1v) is 7.18. The first-order valence-electron chi connectivity index (χ1n) is 7.18. The molecule has 8 heteroatoms. The molecule has 0 saturated carbocycles. The molecule has 0 spiro atoms. The molecule has 1 atom stereocenters. The minimum Gasteiger partial charge on any atom is -0.497 e. The molecule has 3 N–H and O–H groups in total. The zero-order valence-corrected chi connectivity index (χ0v) is 13.8. The maximum Gasteiger partial charge on any atom is 0.250 e. The second kappa shape index (κ2) is 10.0. The molecule has 1 aliphatic heterocycles. The van der Waals surface area contributed by atoms with Crippen LogP contribution < -0.4 is 20.7 Å². The van der Waals surface area contributed by atoms with Gasteiger partial charge >= 0.3 is 0 Å². The molecule has 0 aliphatic carbocycles. The van der Waals surface area contributed by atoms with Crippen molar-refractivity contribution < 1.29 is 19.1 Å². The van der Waals surface area contributed by atoms with Crippen LogP contribution in [0.3, 0.4) is 0 Å². The number of amides is 2. The lowest BCUT2D eigenvalue weighted by atomic mass is 10.2. The van der Waals surface area contributed by atoms with Crippen molar-refractivity contribution in [3.63, 3.8) is 0 Å². The average Bonchev–Trinajstić information content (AvgIpc) is 2.59. The van der Waals surface area contributed by atoms with Gasteiger partial charge in [-0.1, -0.05) is 12.1 Å². The van der Waals surface area contributed by atoms with Gasteiger partial charge in [0.25, 0.3) is 5.91 Å². The SMILES string of the molecule is COc1ccc(CNC(=O)CNC(=O)C2CNCCO2)cc1.Cl. The van der Waals surface area contributed by atoms with Crippen LogP contribution in [0.1, 0.15) is 5.56 Å². The molecule has 0 aromatic heterocycles. The first-order chi connectivity index (χ1) is 10.7. The van der Waals surface area contributed by atoms with Gasteiger partial charge in [0, 0.05) is 19.6 Å². The van der Waals surface area contributed by atoms with Crippen molar-refractivity contribution in [2.75, 3.05) is 33.4 Å². The Hall–Kier alpha value is -1.83. The van der Waals surface area contributed by atoms with E-state index >= 15 is 0 Å². The zero-order valence-electron chi connectivity index (χ0n) is 13.0. The van der Waals surface area contributed by atoms with E-state index in [0.29, 0.717) is 19.7 Å². The van der Waals surface area contributed by atoms with Crippen molar-refractivity contribution in [2.24, 2.45) is 0 Å². The van der Waals surface area contributed by atoms with Gasteiger partial charge in [-0.2, -0.15) is 0 Å². The van der Waals surface area contributed by atoms with E-state index in [1.807, 2.05) is 24.3 Å². The number of carbonyl (C=O) groups excluding carboxylic acids is 2. The van der Waals surface area contributed by atoms with Crippen LogP contribution >= 0.6 is 12.4 Å². The molecule has 1 aliphatic rings. The van der Waals surface area contributed by atoms with Gasteiger partial charge in [0.2, 0.25) is 5.91 Å². The molecule has 1 saturated heterocycles. The number of ether oxygens (including phenoxy) is 2. The summed E-state index contributed by atoms with van der Waals surface area (Å²) >= 11 is 0. The Bertz CT molecular complexity index is 504. The zero-order chi connectivity index (χ0) is 15.8.